The molecule has 1 aromatic rings. The molecule has 0 radical (unpaired) electrons. The molecule has 1 aliphatic rings. The summed E-state index contributed by atoms with van der Waals surface area (Å²) in [6.07, 6.45) is 3.37. The fourth-order valence-electron chi connectivity index (χ4n) is 2.55. The molecule has 0 amide bonds. The highest BCUT2D eigenvalue weighted by Crippen LogP contribution is 2.40. The molecule has 1 saturated carbocycles. The summed E-state index contributed by atoms with van der Waals surface area (Å²) in [7, 11) is 2.91. The molecule has 0 aromatic heterocycles. The Hall–Kier alpha value is -2.02. The first-order chi connectivity index (χ1) is 10.0. The molecule has 0 bridgehead atoms. The van der Waals surface area contributed by atoms with Gasteiger partial charge in [0.1, 0.15) is 6.10 Å². The third-order valence-corrected chi connectivity index (χ3v) is 3.62. The summed E-state index contributed by atoms with van der Waals surface area (Å²) < 4.78 is 16.1. The van der Waals surface area contributed by atoms with Crippen LogP contribution in [0.5, 0.6) is 17.2 Å². The van der Waals surface area contributed by atoms with Crippen LogP contribution in [0.2, 0.25) is 0 Å². The van der Waals surface area contributed by atoms with Gasteiger partial charge in [0.2, 0.25) is 5.75 Å². The quantitative estimate of drug-likeness (QED) is 0.661. The van der Waals surface area contributed by atoms with Crippen LogP contribution in [0.3, 0.4) is 0 Å². The Morgan fingerprint density at radius 1 is 1.19 bits per heavy atom. The first-order valence-electron chi connectivity index (χ1n) is 6.87. The third kappa shape index (κ3) is 3.55. The molecule has 2 atom stereocenters. The minimum atomic E-state index is -0.486. The second kappa shape index (κ2) is 6.62. The summed E-state index contributed by atoms with van der Waals surface area (Å²) >= 11 is 0. The van der Waals surface area contributed by atoms with Gasteiger partial charge >= 0.3 is 5.69 Å². The normalized spacial score (nSPS) is 21.7. The van der Waals surface area contributed by atoms with Crippen molar-refractivity contribution in [2.24, 2.45) is 5.73 Å². The van der Waals surface area contributed by atoms with Crippen molar-refractivity contribution in [3.05, 3.63) is 22.2 Å². The lowest BCUT2D eigenvalue weighted by Crippen LogP contribution is -2.33. The van der Waals surface area contributed by atoms with Crippen LogP contribution in [0.4, 0.5) is 5.69 Å². The van der Waals surface area contributed by atoms with Crippen molar-refractivity contribution in [1.29, 1.82) is 0 Å². The van der Waals surface area contributed by atoms with Gasteiger partial charge in [-0.05, 0) is 25.7 Å². The molecule has 0 heterocycles. The Kier molecular flexibility index (Phi) is 4.85. The fraction of sp³-hybridized carbons (Fsp3) is 0.571. The molecule has 1 aliphatic carbocycles. The van der Waals surface area contributed by atoms with Gasteiger partial charge in [0, 0.05) is 12.1 Å². The second-order valence-corrected chi connectivity index (χ2v) is 5.10. The zero-order valence-corrected chi connectivity index (χ0v) is 12.2. The van der Waals surface area contributed by atoms with Crippen LogP contribution < -0.4 is 19.9 Å². The number of hydrogen-bond donors (Lipinski definition) is 1. The highest BCUT2D eigenvalue weighted by molar-refractivity contribution is 5.58. The van der Waals surface area contributed by atoms with Crippen molar-refractivity contribution in [3.63, 3.8) is 0 Å². The van der Waals surface area contributed by atoms with E-state index >= 15 is 0 Å². The summed E-state index contributed by atoms with van der Waals surface area (Å²) in [4.78, 5) is 10.7. The first kappa shape index (κ1) is 15.4. The van der Waals surface area contributed by atoms with Gasteiger partial charge < -0.3 is 19.9 Å². The van der Waals surface area contributed by atoms with Crippen LogP contribution in [0.1, 0.15) is 25.7 Å². The van der Waals surface area contributed by atoms with Crippen LogP contribution >= 0.6 is 0 Å². The SMILES string of the molecule is COc1cc(OC2CCCC(N)C2)c([N+](=O)[O-])cc1OC. The van der Waals surface area contributed by atoms with Gasteiger partial charge in [-0.15, -0.1) is 0 Å². The standard InChI is InChI=1S/C14H20N2O5/c1-19-13-7-11(16(17)18)12(8-14(13)20-2)21-10-5-3-4-9(15)6-10/h7-10H,3-6,15H2,1-2H3. The maximum Gasteiger partial charge on any atom is 0.314 e. The predicted molar refractivity (Wildman–Crippen MR) is 77.1 cm³/mol. The number of ether oxygens (including phenoxy) is 3. The number of hydrogen-bond acceptors (Lipinski definition) is 6. The van der Waals surface area contributed by atoms with Crippen LogP contribution in [0.15, 0.2) is 12.1 Å². The highest BCUT2D eigenvalue weighted by Gasteiger charge is 2.26. The molecule has 0 saturated heterocycles. The number of benzene rings is 1. The zero-order valence-electron chi connectivity index (χ0n) is 12.2. The van der Waals surface area contributed by atoms with Crippen molar-refractivity contribution in [2.75, 3.05) is 14.2 Å². The average Bonchev–Trinajstić information content (AvgIpc) is 2.46. The third-order valence-electron chi connectivity index (χ3n) is 3.62. The topological polar surface area (TPSA) is 96.9 Å². The summed E-state index contributed by atoms with van der Waals surface area (Å²) in [6.45, 7) is 0. The van der Waals surface area contributed by atoms with E-state index in [1.807, 2.05) is 0 Å². The Balaban J connectivity index is 2.29. The molecule has 21 heavy (non-hydrogen) atoms. The van der Waals surface area contributed by atoms with E-state index in [1.54, 1.807) is 0 Å². The molecular weight excluding hydrogens is 276 g/mol. The Morgan fingerprint density at radius 2 is 1.86 bits per heavy atom. The number of methoxy groups -OCH3 is 2. The smallest absolute Gasteiger partial charge is 0.314 e. The zero-order chi connectivity index (χ0) is 15.4. The molecule has 2 unspecified atom stereocenters. The maximum absolute atomic E-state index is 11.2. The van der Waals surface area contributed by atoms with E-state index in [4.69, 9.17) is 19.9 Å². The second-order valence-electron chi connectivity index (χ2n) is 5.10. The maximum atomic E-state index is 11.2. The van der Waals surface area contributed by atoms with Gasteiger partial charge in [0.05, 0.1) is 25.2 Å². The average molecular weight is 296 g/mol. The van der Waals surface area contributed by atoms with E-state index in [9.17, 15) is 10.1 Å². The van der Waals surface area contributed by atoms with Crippen molar-refractivity contribution >= 4 is 5.69 Å². The lowest BCUT2D eigenvalue weighted by atomic mass is 9.93. The molecule has 0 aliphatic heterocycles. The van der Waals surface area contributed by atoms with Crippen molar-refractivity contribution in [2.45, 2.75) is 37.8 Å². The van der Waals surface area contributed by atoms with Gasteiger partial charge in [0.25, 0.3) is 0 Å². The van der Waals surface area contributed by atoms with Gasteiger partial charge in [-0.25, -0.2) is 0 Å². The van der Waals surface area contributed by atoms with E-state index in [0.717, 1.165) is 19.3 Å². The van der Waals surface area contributed by atoms with E-state index in [0.29, 0.717) is 17.9 Å². The fourth-order valence-corrected chi connectivity index (χ4v) is 2.55. The molecular formula is C14H20N2O5. The molecule has 1 aromatic carbocycles. The van der Waals surface area contributed by atoms with Gasteiger partial charge in [0.15, 0.2) is 11.5 Å². The molecule has 2 N–H and O–H groups in total. The number of nitrogens with two attached hydrogens (primary N) is 1. The Bertz CT molecular complexity index is 520. The highest BCUT2D eigenvalue weighted by atomic mass is 16.6. The number of rotatable bonds is 5. The first-order valence-corrected chi connectivity index (χ1v) is 6.87. The van der Waals surface area contributed by atoms with E-state index < -0.39 is 4.92 Å². The summed E-state index contributed by atoms with van der Waals surface area (Å²) in [6, 6.07) is 2.90. The van der Waals surface area contributed by atoms with Crippen LogP contribution in [-0.2, 0) is 0 Å². The van der Waals surface area contributed by atoms with Crippen molar-refractivity contribution in [1.82, 2.24) is 0 Å². The summed E-state index contributed by atoms with van der Waals surface area (Å²) in [5.41, 5.74) is 5.79. The molecule has 0 spiro atoms. The van der Waals surface area contributed by atoms with Crippen LogP contribution in [0, 0.1) is 10.1 Å². The lowest BCUT2D eigenvalue weighted by molar-refractivity contribution is -0.386. The van der Waals surface area contributed by atoms with E-state index in [1.165, 1.54) is 26.4 Å². The van der Waals surface area contributed by atoms with Crippen LogP contribution in [0.25, 0.3) is 0 Å². The van der Waals surface area contributed by atoms with Crippen molar-refractivity contribution in [3.8, 4) is 17.2 Å². The molecule has 2 rings (SSSR count). The monoisotopic (exact) mass is 296 g/mol. The van der Waals surface area contributed by atoms with Crippen LogP contribution in [-0.4, -0.2) is 31.3 Å². The van der Waals surface area contributed by atoms with E-state index in [-0.39, 0.29) is 23.6 Å². The number of nitrogens with zero attached hydrogens (tertiary/aromatic N) is 1. The molecule has 7 nitrogen and oxygen atoms in total. The summed E-state index contributed by atoms with van der Waals surface area (Å²) in [5, 5.41) is 11.2. The molecule has 116 valence electrons. The largest absolute Gasteiger partial charge is 0.493 e. The van der Waals surface area contributed by atoms with E-state index in [2.05, 4.69) is 0 Å². The Labute approximate surface area is 123 Å². The minimum absolute atomic E-state index is 0.0861. The molecule has 7 heteroatoms. The minimum Gasteiger partial charge on any atom is -0.493 e. The number of nitro groups is 1. The lowest BCUT2D eigenvalue weighted by Gasteiger charge is -2.27. The number of nitro benzene ring substituents is 1. The van der Waals surface area contributed by atoms with Gasteiger partial charge in [-0.2, -0.15) is 0 Å². The van der Waals surface area contributed by atoms with Gasteiger partial charge in [-0.3, -0.25) is 10.1 Å². The Morgan fingerprint density at radius 3 is 2.43 bits per heavy atom. The predicted octanol–water partition coefficient (Wildman–Crippen LogP) is 2.26. The van der Waals surface area contributed by atoms with Gasteiger partial charge in [-0.1, -0.05) is 0 Å². The molecule has 1 fully saturated rings. The van der Waals surface area contributed by atoms with Crippen molar-refractivity contribution < 1.29 is 19.1 Å². The summed E-state index contributed by atoms with van der Waals surface area (Å²) in [5.74, 6) is 0.895.